The molecule has 1 N–H and O–H groups in total. The molecule has 1 aromatic carbocycles. The molecule has 0 saturated heterocycles. The molecule has 0 aromatic heterocycles. The third kappa shape index (κ3) is 2.24. The zero-order chi connectivity index (χ0) is 11.5. The maximum Gasteiger partial charge on any atom is 0.159 e. The van der Waals surface area contributed by atoms with Gasteiger partial charge in [-0.15, -0.1) is 0 Å². The van der Waals surface area contributed by atoms with E-state index in [1.807, 2.05) is 24.3 Å². The number of methoxy groups -OCH3 is 1. The summed E-state index contributed by atoms with van der Waals surface area (Å²) in [5.41, 5.74) is 1.03. The zero-order valence-electron chi connectivity index (χ0n) is 9.14. The van der Waals surface area contributed by atoms with Gasteiger partial charge in [0.15, 0.2) is 5.78 Å². The Kier molecular flexibility index (Phi) is 2.95. The Morgan fingerprint density at radius 3 is 2.88 bits per heavy atom. The topological polar surface area (TPSA) is 46.5 Å². The number of aliphatic hydroxyl groups excluding tert-OH is 1. The standard InChI is InChI=1S/C13H14O3/c1-16-13-4-2-3-9(7-13)10-5-11(14)8-12(15)6-10/h2-4,7-8,10,14H,5-6H2,1H3. The summed E-state index contributed by atoms with van der Waals surface area (Å²) in [6, 6.07) is 7.63. The lowest BCUT2D eigenvalue weighted by atomic mass is 9.86. The first-order valence-electron chi connectivity index (χ1n) is 5.25. The largest absolute Gasteiger partial charge is 0.512 e. The average Bonchev–Trinajstić information content (AvgIpc) is 2.28. The number of ether oxygens (including phenoxy) is 1. The maximum atomic E-state index is 11.3. The summed E-state index contributed by atoms with van der Waals surface area (Å²) in [7, 11) is 1.61. The normalized spacial score (nSPS) is 20.4. The second-order valence-corrected chi connectivity index (χ2v) is 3.98. The van der Waals surface area contributed by atoms with E-state index in [9.17, 15) is 9.90 Å². The summed E-state index contributed by atoms with van der Waals surface area (Å²) in [5, 5.41) is 9.45. The summed E-state index contributed by atoms with van der Waals surface area (Å²) < 4.78 is 5.14. The van der Waals surface area contributed by atoms with Crippen LogP contribution in [0.1, 0.15) is 24.3 Å². The number of benzene rings is 1. The minimum Gasteiger partial charge on any atom is -0.512 e. The number of hydrogen-bond acceptors (Lipinski definition) is 3. The molecule has 1 atom stereocenters. The van der Waals surface area contributed by atoms with Crippen molar-refractivity contribution in [1.29, 1.82) is 0 Å². The number of aliphatic hydroxyl groups is 1. The molecule has 0 radical (unpaired) electrons. The zero-order valence-corrected chi connectivity index (χ0v) is 9.14. The monoisotopic (exact) mass is 218 g/mol. The molecule has 0 fully saturated rings. The van der Waals surface area contributed by atoms with Crippen LogP contribution in [-0.2, 0) is 4.79 Å². The molecular weight excluding hydrogens is 204 g/mol. The fraction of sp³-hybridized carbons (Fsp3) is 0.308. The van der Waals surface area contributed by atoms with Crippen molar-refractivity contribution in [2.75, 3.05) is 7.11 Å². The van der Waals surface area contributed by atoms with Gasteiger partial charge in [-0.3, -0.25) is 4.79 Å². The van der Waals surface area contributed by atoms with Gasteiger partial charge in [-0.25, -0.2) is 0 Å². The minimum absolute atomic E-state index is 0.0171. The summed E-state index contributed by atoms with van der Waals surface area (Å²) in [5.74, 6) is 0.993. The first kappa shape index (κ1) is 10.7. The second kappa shape index (κ2) is 4.39. The molecule has 1 unspecified atom stereocenters. The molecule has 2 rings (SSSR count). The molecule has 84 valence electrons. The Balaban J connectivity index is 2.24. The summed E-state index contributed by atoms with van der Waals surface area (Å²) in [6.07, 6.45) is 2.30. The minimum atomic E-state index is -0.0171. The molecule has 0 spiro atoms. The van der Waals surface area contributed by atoms with Gasteiger partial charge >= 0.3 is 0 Å². The lowest BCUT2D eigenvalue weighted by Gasteiger charge is -2.19. The van der Waals surface area contributed by atoms with Gasteiger partial charge in [0.05, 0.1) is 12.9 Å². The predicted octanol–water partition coefficient (Wildman–Crippen LogP) is 2.58. The lowest BCUT2D eigenvalue weighted by Crippen LogP contribution is -2.12. The number of ketones is 1. The first-order chi connectivity index (χ1) is 7.69. The van der Waals surface area contributed by atoms with Crippen LogP contribution in [0.4, 0.5) is 0 Å². The Morgan fingerprint density at radius 1 is 1.38 bits per heavy atom. The van der Waals surface area contributed by atoms with Crippen LogP contribution in [0, 0.1) is 0 Å². The number of rotatable bonds is 2. The highest BCUT2D eigenvalue weighted by Gasteiger charge is 2.22. The van der Waals surface area contributed by atoms with Crippen LogP contribution in [-0.4, -0.2) is 18.0 Å². The molecule has 0 saturated carbocycles. The van der Waals surface area contributed by atoms with E-state index in [-0.39, 0.29) is 17.5 Å². The predicted molar refractivity (Wildman–Crippen MR) is 60.7 cm³/mol. The van der Waals surface area contributed by atoms with Crippen LogP contribution in [0.3, 0.4) is 0 Å². The van der Waals surface area contributed by atoms with E-state index in [4.69, 9.17) is 4.74 Å². The van der Waals surface area contributed by atoms with Gasteiger partial charge in [0.25, 0.3) is 0 Å². The van der Waals surface area contributed by atoms with Crippen LogP contribution in [0.15, 0.2) is 36.1 Å². The van der Waals surface area contributed by atoms with Crippen LogP contribution in [0.25, 0.3) is 0 Å². The molecule has 0 bridgehead atoms. The van der Waals surface area contributed by atoms with E-state index in [0.717, 1.165) is 11.3 Å². The third-order valence-corrected chi connectivity index (χ3v) is 2.80. The van der Waals surface area contributed by atoms with Crippen molar-refractivity contribution >= 4 is 5.78 Å². The number of carbonyl (C=O) groups excluding carboxylic acids is 1. The Bertz CT molecular complexity index is 435. The molecule has 3 nitrogen and oxygen atoms in total. The van der Waals surface area contributed by atoms with Gasteiger partial charge in [0.2, 0.25) is 0 Å². The van der Waals surface area contributed by atoms with Crippen molar-refractivity contribution in [3.8, 4) is 5.75 Å². The average molecular weight is 218 g/mol. The first-order valence-corrected chi connectivity index (χ1v) is 5.25. The smallest absolute Gasteiger partial charge is 0.159 e. The molecule has 1 aromatic rings. The van der Waals surface area contributed by atoms with Gasteiger partial charge in [0, 0.05) is 18.9 Å². The van der Waals surface area contributed by atoms with Crippen molar-refractivity contribution in [3.63, 3.8) is 0 Å². The summed E-state index contributed by atoms with van der Waals surface area (Å²) in [6.45, 7) is 0. The highest BCUT2D eigenvalue weighted by molar-refractivity contribution is 5.91. The molecule has 0 heterocycles. The van der Waals surface area contributed by atoms with Crippen molar-refractivity contribution in [2.45, 2.75) is 18.8 Å². The van der Waals surface area contributed by atoms with Gasteiger partial charge in [-0.2, -0.15) is 0 Å². The van der Waals surface area contributed by atoms with Crippen molar-refractivity contribution in [2.24, 2.45) is 0 Å². The summed E-state index contributed by atoms with van der Waals surface area (Å²) >= 11 is 0. The lowest BCUT2D eigenvalue weighted by molar-refractivity contribution is -0.115. The molecule has 3 heteroatoms. The van der Waals surface area contributed by atoms with Crippen LogP contribution >= 0.6 is 0 Å². The molecular formula is C13H14O3. The van der Waals surface area contributed by atoms with Crippen molar-refractivity contribution < 1.29 is 14.6 Å². The molecule has 16 heavy (non-hydrogen) atoms. The molecule has 0 aliphatic heterocycles. The number of allylic oxidation sites excluding steroid dienone is 2. The molecule has 0 amide bonds. The van der Waals surface area contributed by atoms with Crippen molar-refractivity contribution in [1.82, 2.24) is 0 Å². The van der Waals surface area contributed by atoms with E-state index < -0.39 is 0 Å². The quantitative estimate of drug-likeness (QED) is 0.829. The van der Waals surface area contributed by atoms with E-state index in [2.05, 4.69) is 0 Å². The molecule has 1 aliphatic carbocycles. The SMILES string of the molecule is COc1cccc(C2CC(=O)C=C(O)C2)c1. The number of hydrogen-bond donors (Lipinski definition) is 1. The van der Waals surface area contributed by atoms with Crippen LogP contribution in [0.5, 0.6) is 5.75 Å². The van der Waals surface area contributed by atoms with Gasteiger partial charge in [-0.05, 0) is 23.6 Å². The van der Waals surface area contributed by atoms with E-state index >= 15 is 0 Å². The maximum absolute atomic E-state index is 11.3. The van der Waals surface area contributed by atoms with Gasteiger partial charge in [-0.1, -0.05) is 12.1 Å². The Labute approximate surface area is 94.4 Å². The van der Waals surface area contributed by atoms with E-state index in [0.29, 0.717) is 12.8 Å². The van der Waals surface area contributed by atoms with E-state index in [1.54, 1.807) is 7.11 Å². The van der Waals surface area contributed by atoms with Gasteiger partial charge in [0.1, 0.15) is 5.75 Å². The van der Waals surface area contributed by atoms with Crippen LogP contribution < -0.4 is 4.74 Å². The van der Waals surface area contributed by atoms with Crippen LogP contribution in [0.2, 0.25) is 0 Å². The molecule has 1 aliphatic rings. The third-order valence-electron chi connectivity index (χ3n) is 2.80. The Morgan fingerprint density at radius 2 is 2.19 bits per heavy atom. The second-order valence-electron chi connectivity index (χ2n) is 3.98. The van der Waals surface area contributed by atoms with E-state index in [1.165, 1.54) is 6.08 Å². The fourth-order valence-electron chi connectivity index (χ4n) is 2.00. The summed E-state index contributed by atoms with van der Waals surface area (Å²) in [4.78, 5) is 11.3. The highest BCUT2D eigenvalue weighted by Crippen LogP contribution is 2.31. The van der Waals surface area contributed by atoms with Crippen molar-refractivity contribution in [3.05, 3.63) is 41.7 Å². The van der Waals surface area contributed by atoms with Gasteiger partial charge < -0.3 is 9.84 Å². The number of carbonyl (C=O) groups is 1. The Hall–Kier alpha value is -1.77. The highest BCUT2D eigenvalue weighted by atomic mass is 16.5. The fourth-order valence-corrected chi connectivity index (χ4v) is 2.00.